The van der Waals surface area contributed by atoms with Crippen LogP contribution in [0.2, 0.25) is 0 Å². The first-order chi connectivity index (χ1) is 9.94. The summed E-state index contributed by atoms with van der Waals surface area (Å²) >= 11 is 1.53. The average Bonchev–Trinajstić information content (AvgIpc) is 2.85. The number of hydrogen-bond donors (Lipinski definition) is 1. The van der Waals surface area contributed by atoms with Crippen LogP contribution in [0.15, 0.2) is 5.51 Å². The SMILES string of the molecule is Cc1ncsc1CN(C)C(=O)CC1(C(=O)O)CCCCC1. The Morgan fingerprint density at radius 3 is 2.57 bits per heavy atom. The summed E-state index contributed by atoms with van der Waals surface area (Å²) in [6.45, 7) is 2.43. The maximum Gasteiger partial charge on any atom is 0.310 e. The highest BCUT2D eigenvalue weighted by Crippen LogP contribution is 2.40. The molecule has 116 valence electrons. The lowest BCUT2D eigenvalue weighted by Gasteiger charge is -2.33. The number of aryl methyl sites for hydroxylation is 1. The average molecular weight is 310 g/mol. The van der Waals surface area contributed by atoms with Gasteiger partial charge in [-0.05, 0) is 19.8 Å². The predicted octanol–water partition coefficient (Wildman–Crippen LogP) is 2.84. The van der Waals surface area contributed by atoms with Crippen molar-refractivity contribution in [3.05, 3.63) is 16.1 Å². The van der Waals surface area contributed by atoms with Crippen LogP contribution in [0.5, 0.6) is 0 Å². The molecule has 1 fully saturated rings. The molecule has 2 rings (SSSR count). The number of aliphatic carboxylic acids is 1. The normalized spacial score (nSPS) is 17.4. The minimum absolute atomic E-state index is 0.0906. The van der Waals surface area contributed by atoms with Crippen molar-refractivity contribution in [2.24, 2.45) is 5.41 Å². The van der Waals surface area contributed by atoms with Crippen LogP contribution in [0.3, 0.4) is 0 Å². The Hall–Kier alpha value is -1.43. The van der Waals surface area contributed by atoms with E-state index in [2.05, 4.69) is 4.98 Å². The second-order valence-corrected chi connectivity index (χ2v) is 6.87. The number of carbonyl (C=O) groups is 2. The number of carbonyl (C=O) groups excluding carboxylic acids is 1. The fourth-order valence-electron chi connectivity index (χ4n) is 2.90. The van der Waals surface area contributed by atoms with Gasteiger partial charge >= 0.3 is 5.97 Å². The van der Waals surface area contributed by atoms with E-state index in [9.17, 15) is 14.7 Å². The highest BCUT2D eigenvalue weighted by molar-refractivity contribution is 7.09. The summed E-state index contributed by atoms with van der Waals surface area (Å²) in [5.74, 6) is -0.912. The van der Waals surface area contributed by atoms with E-state index < -0.39 is 11.4 Å². The van der Waals surface area contributed by atoms with Crippen LogP contribution in [0, 0.1) is 12.3 Å². The summed E-state index contributed by atoms with van der Waals surface area (Å²) < 4.78 is 0. The Balaban J connectivity index is 2.01. The van der Waals surface area contributed by atoms with Crippen molar-refractivity contribution in [3.63, 3.8) is 0 Å². The minimum Gasteiger partial charge on any atom is -0.481 e. The number of thiazole rings is 1. The molecule has 1 aromatic heterocycles. The molecular weight excluding hydrogens is 288 g/mol. The van der Waals surface area contributed by atoms with E-state index in [1.54, 1.807) is 17.5 Å². The maximum atomic E-state index is 12.4. The fraction of sp³-hybridized carbons (Fsp3) is 0.667. The van der Waals surface area contributed by atoms with Gasteiger partial charge in [0.2, 0.25) is 5.91 Å². The molecule has 0 bridgehead atoms. The molecule has 5 nitrogen and oxygen atoms in total. The van der Waals surface area contributed by atoms with Gasteiger partial charge in [-0.3, -0.25) is 9.59 Å². The molecule has 0 unspecified atom stereocenters. The van der Waals surface area contributed by atoms with Crippen LogP contribution in [-0.4, -0.2) is 33.9 Å². The standard InChI is InChI=1S/C15H22N2O3S/c1-11-12(21-10-16-11)9-17(2)13(18)8-15(14(19)20)6-4-3-5-7-15/h10H,3-9H2,1-2H3,(H,19,20). The highest BCUT2D eigenvalue weighted by Gasteiger charge is 2.42. The van der Waals surface area contributed by atoms with Gasteiger partial charge in [0, 0.05) is 18.3 Å². The number of carboxylic acid groups (broad SMARTS) is 1. The molecule has 0 atom stereocenters. The Kier molecular flexibility index (Phi) is 4.98. The van der Waals surface area contributed by atoms with Crippen LogP contribution in [-0.2, 0) is 16.1 Å². The zero-order valence-electron chi connectivity index (χ0n) is 12.6. The van der Waals surface area contributed by atoms with Crippen molar-refractivity contribution in [3.8, 4) is 0 Å². The molecule has 1 aliphatic rings. The largest absolute Gasteiger partial charge is 0.481 e. The number of hydrogen-bond acceptors (Lipinski definition) is 4. The van der Waals surface area contributed by atoms with Crippen LogP contribution in [0.1, 0.15) is 49.1 Å². The summed E-state index contributed by atoms with van der Waals surface area (Å²) in [5.41, 5.74) is 1.85. The summed E-state index contributed by atoms with van der Waals surface area (Å²) in [6.07, 6.45) is 4.20. The summed E-state index contributed by atoms with van der Waals surface area (Å²) in [7, 11) is 1.74. The van der Waals surface area contributed by atoms with Gasteiger partial charge in [0.15, 0.2) is 0 Å². The van der Waals surface area contributed by atoms with Gasteiger partial charge in [-0.2, -0.15) is 0 Å². The third-order valence-electron chi connectivity index (χ3n) is 4.41. The molecular formula is C15H22N2O3S. The monoisotopic (exact) mass is 310 g/mol. The number of carboxylic acids is 1. The molecule has 1 aromatic rings. The van der Waals surface area contributed by atoms with Gasteiger partial charge in [0.1, 0.15) is 0 Å². The molecule has 1 saturated carbocycles. The molecule has 1 N–H and O–H groups in total. The third-order valence-corrected chi connectivity index (χ3v) is 5.33. The number of amides is 1. The topological polar surface area (TPSA) is 70.5 Å². The molecule has 0 radical (unpaired) electrons. The molecule has 6 heteroatoms. The van der Waals surface area contributed by atoms with Gasteiger partial charge in [-0.1, -0.05) is 19.3 Å². The molecule has 0 aromatic carbocycles. The molecule has 1 aliphatic carbocycles. The van der Waals surface area contributed by atoms with E-state index in [0.717, 1.165) is 29.8 Å². The van der Waals surface area contributed by atoms with E-state index in [0.29, 0.717) is 19.4 Å². The van der Waals surface area contributed by atoms with Crippen molar-refractivity contribution >= 4 is 23.2 Å². The van der Waals surface area contributed by atoms with Crippen molar-refractivity contribution in [2.45, 2.75) is 52.0 Å². The zero-order chi connectivity index (χ0) is 15.5. The van der Waals surface area contributed by atoms with Crippen LogP contribution in [0.4, 0.5) is 0 Å². The molecule has 0 aliphatic heterocycles. The second-order valence-electron chi connectivity index (χ2n) is 5.93. The minimum atomic E-state index is -0.855. The Morgan fingerprint density at radius 2 is 2.05 bits per heavy atom. The van der Waals surface area contributed by atoms with E-state index in [1.165, 1.54) is 11.3 Å². The van der Waals surface area contributed by atoms with Gasteiger partial charge in [-0.25, -0.2) is 4.98 Å². The number of aromatic nitrogens is 1. The lowest BCUT2D eigenvalue weighted by atomic mass is 9.71. The lowest BCUT2D eigenvalue weighted by molar-refractivity contribution is -0.155. The molecule has 0 saturated heterocycles. The van der Waals surface area contributed by atoms with Crippen molar-refractivity contribution in [2.75, 3.05) is 7.05 Å². The molecule has 0 spiro atoms. The van der Waals surface area contributed by atoms with E-state index in [-0.39, 0.29) is 12.3 Å². The first kappa shape index (κ1) is 15.9. The lowest BCUT2D eigenvalue weighted by Crippen LogP contribution is -2.39. The quantitative estimate of drug-likeness (QED) is 0.908. The van der Waals surface area contributed by atoms with E-state index >= 15 is 0 Å². The number of nitrogens with zero attached hydrogens (tertiary/aromatic N) is 2. The van der Waals surface area contributed by atoms with Crippen LogP contribution in [0.25, 0.3) is 0 Å². The first-order valence-corrected chi connectivity index (χ1v) is 8.19. The maximum absolute atomic E-state index is 12.4. The third kappa shape index (κ3) is 3.61. The Bertz CT molecular complexity index is 521. The smallest absolute Gasteiger partial charge is 0.310 e. The first-order valence-electron chi connectivity index (χ1n) is 7.31. The molecule has 1 amide bonds. The Morgan fingerprint density at radius 1 is 1.38 bits per heavy atom. The fourth-order valence-corrected chi connectivity index (χ4v) is 3.73. The summed E-state index contributed by atoms with van der Waals surface area (Å²) in [5, 5.41) is 9.54. The second kappa shape index (κ2) is 6.56. The number of rotatable bonds is 5. The van der Waals surface area contributed by atoms with Gasteiger partial charge in [0.05, 0.1) is 23.2 Å². The zero-order valence-corrected chi connectivity index (χ0v) is 13.4. The van der Waals surface area contributed by atoms with Gasteiger partial charge < -0.3 is 10.0 Å². The van der Waals surface area contributed by atoms with Crippen molar-refractivity contribution in [1.29, 1.82) is 0 Å². The van der Waals surface area contributed by atoms with Gasteiger partial charge in [-0.15, -0.1) is 11.3 Å². The van der Waals surface area contributed by atoms with Crippen molar-refractivity contribution in [1.82, 2.24) is 9.88 Å². The van der Waals surface area contributed by atoms with E-state index in [4.69, 9.17) is 0 Å². The van der Waals surface area contributed by atoms with Gasteiger partial charge in [0.25, 0.3) is 0 Å². The predicted molar refractivity (Wildman–Crippen MR) is 81.1 cm³/mol. The Labute approximate surface area is 129 Å². The van der Waals surface area contributed by atoms with Crippen LogP contribution < -0.4 is 0 Å². The highest BCUT2D eigenvalue weighted by atomic mass is 32.1. The summed E-state index contributed by atoms with van der Waals surface area (Å²) in [6, 6.07) is 0. The molecule has 1 heterocycles. The van der Waals surface area contributed by atoms with Crippen LogP contribution >= 0.6 is 11.3 Å². The van der Waals surface area contributed by atoms with Crippen molar-refractivity contribution < 1.29 is 14.7 Å². The summed E-state index contributed by atoms with van der Waals surface area (Å²) in [4.78, 5) is 30.9. The molecule has 21 heavy (non-hydrogen) atoms. The van der Waals surface area contributed by atoms with E-state index in [1.807, 2.05) is 6.92 Å².